The summed E-state index contributed by atoms with van der Waals surface area (Å²) in [6, 6.07) is 19.9. The zero-order valence-electron chi connectivity index (χ0n) is 16.8. The van der Waals surface area contributed by atoms with Gasteiger partial charge in [-0.3, -0.25) is 4.79 Å². The van der Waals surface area contributed by atoms with Crippen LogP contribution in [0.15, 0.2) is 60.7 Å². The minimum Gasteiger partial charge on any atom is -0.489 e. The van der Waals surface area contributed by atoms with E-state index < -0.39 is 10.0 Å². The molecular formula is C22H21N3O4S2. The van der Waals surface area contributed by atoms with E-state index in [2.05, 4.69) is 16.1 Å². The van der Waals surface area contributed by atoms with Crippen molar-refractivity contribution in [2.45, 2.75) is 13.0 Å². The summed E-state index contributed by atoms with van der Waals surface area (Å²) in [5.74, 6) is 0.352. The van der Waals surface area contributed by atoms with Gasteiger partial charge < -0.3 is 10.1 Å². The number of nitrogens with zero attached hydrogens (tertiary/aromatic N) is 1. The number of carbonyl (C=O) groups excluding carboxylic acids is 1. The molecule has 3 rings (SSSR count). The molecule has 0 radical (unpaired) electrons. The molecule has 9 heteroatoms. The van der Waals surface area contributed by atoms with Crippen molar-refractivity contribution in [2.75, 3.05) is 18.1 Å². The van der Waals surface area contributed by atoms with Crippen molar-refractivity contribution < 1.29 is 17.9 Å². The number of rotatable bonds is 9. The van der Waals surface area contributed by atoms with E-state index in [1.165, 1.54) is 11.3 Å². The van der Waals surface area contributed by atoms with Gasteiger partial charge in [-0.05, 0) is 48.4 Å². The lowest BCUT2D eigenvalue weighted by Gasteiger charge is -2.09. The molecule has 0 atom stereocenters. The van der Waals surface area contributed by atoms with E-state index in [1.54, 1.807) is 48.5 Å². The Bertz CT molecular complexity index is 1210. The third kappa shape index (κ3) is 7.22. The van der Waals surface area contributed by atoms with Gasteiger partial charge in [0.15, 0.2) is 0 Å². The Balaban J connectivity index is 1.56. The monoisotopic (exact) mass is 455 g/mol. The maximum absolute atomic E-state index is 12.5. The summed E-state index contributed by atoms with van der Waals surface area (Å²) < 4.78 is 30.5. The predicted octanol–water partition coefficient (Wildman–Crippen LogP) is 3.54. The van der Waals surface area contributed by atoms with Gasteiger partial charge in [-0.2, -0.15) is 5.26 Å². The van der Waals surface area contributed by atoms with Crippen LogP contribution in [0.5, 0.6) is 5.75 Å². The van der Waals surface area contributed by atoms with Crippen LogP contribution in [0.1, 0.15) is 25.7 Å². The van der Waals surface area contributed by atoms with Gasteiger partial charge in [0.2, 0.25) is 10.0 Å². The Hall–Kier alpha value is -3.19. The molecule has 0 aliphatic rings. The number of benzene rings is 2. The Kier molecular flexibility index (Phi) is 7.41. The summed E-state index contributed by atoms with van der Waals surface area (Å²) in [6.45, 7) is 0.597. The number of hydrogen-bond donors (Lipinski definition) is 2. The van der Waals surface area contributed by atoms with Gasteiger partial charge in [-0.1, -0.05) is 18.2 Å². The number of hydrogen-bond acceptors (Lipinski definition) is 6. The van der Waals surface area contributed by atoms with Crippen LogP contribution >= 0.6 is 11.3 Å². The van der Waals surface area contributed by atoms with Crippen LogP contribution < -0.4 is 14.8 Å². The van der Waals surface area contributed by atoms with Gasteiger partial charge in [-0.25, -0.2) is 13.1 Å². The fraction of sp³-hybridized carbons (Fsp3) is 0.182. The minimum atomic E-state index is -3.23. The Morgan fingerprint density at radius 3 is 2.71 bits per heavy atom. The van der Waals surface area contributed by atoms with Gasteiger partial charge in [0, 0.05) is 23.2 Å². The van der Waals surface area contributed by atoms with Crippen LogP contribution in [0, 0.1) is 11.3 Å². The fourth-order valence-corrected chi connectivity index (χ4v) is 4.12. The molecule has 1 aromatic heterocycles. The van der Waals surface area contributed by atoms with Gasteiger partial charge in [0.05, 0.1) is 22.8 Å². The second-order valence-corrected chi connectivity index (χ2v) is 9.77. The molecule has 160 valence electrons. The zero-order chi connectivity index (χ0) is 22.3. The number of nitrogens with one attached hydrogen (secondary N) is 2. The van der Waals surface area contributed by atoms with E-state index in [0.29, 0.717) is 34.9 Å². The number of thiophene rings is 1. The van der Waals surface area contributed by atoms with E-state index in [-0.39, 0.29) is 12.5 Å². The molecule has 7 nitrogen and oxygen atoms in total. The Labute approximate surface area is 185 Å². The number of nitriles is 1. The number of carbonyl (C=O) groups is 1. The van der Waals surface area contributed by atoms with Gasteiger partial charge in [0.1, 0.15) is 12.4 Å². The molecule has 0 bridgehead atoms. The molecule has 2 N–H and O–H groups in total. The topological polar surface area (TPSA) is 108 Å². The van der Waals surface area contributed by atoms with Crippen molar-refractivity contribution in [1.82, 2.24) is 4.72 Å². The molecule has 1 amide bonds. The Morgan fingerprint density at radius 1 is 1.13 bits per heavy atom. The number of amides is 1. The third-order valence-corrected chi connectivity index (χ3v) is 6.05. The summed E-state index contributed by atoms with van der Waals surface area (Å²) in [5, 5.41) is 11.8. The highest BCUT2D eigenvalue weighted by Gasteiger charge is 2.11. The molecule has 0 aliphatic heterocycles. The summed E-state index contributed by atoms with van der Waals surface area (Å²) in [4.78, 5) is 14.0. The molecular weight excluding hydrogens is 434 g/mol. The van der Waals surface area contributed by atoms with E-state index in [0.717, 1.165) is 16.7 Å². The second kappa shape index (κ2) is 10.2. The van der Waals surface area contributed by atoms with Crippen LogP contribution in [-0.2, 0) is 23.1 Å². The highest BCUT2D eigenvalue weighted by atomic mass is 32.2. The fourth-order valence-electron chi connectivity index (χ4n) is 2.75. The minimum absolute atomic E-state index is 0.244. The summed E-state index contributed by atoms with van der Waals surface area (Å²) in [7, 11) is -3.23. The Morgan fingerprint density at radius 2 is 1.94 bits per heavy atom. The molecule has 0 saturated carbocycles. The van der Waals surface area contributed by atoms with E-state index in [9.17, 15) is 13.2 Å². The largest absolute Gasteiger partial charge is 0.489 e. The summed E-state index contributed by atoms with van der Waals surface area (Å²) in [6.07, 6.45) is 1.63. The third-order valence-electron chi connectivity index (χ3n) is 4.17. The first-order valence-electron chi connectivity index (χ1n) is 9.39. The van der Waals surface area contributed by atoms with E-state index in [1.807, 2.05) is 12.1 Å². The zero-order valence-corrected chi connectivity index (χ0v) is 18.4. The SMILES string of the molecule is CS(=O)(=O)NCCc1ccc(C(=O)Nc2cccc(OCc3cccc(C#N)c3)c2)s1. The van der Waals surface area contributed by atoms with E-state index >= 15 is 0 Å². The molecule has 31 heavy (non-hydrogen) atoms. The molecule has 0 spiro atoms. The van der Waals surface area contributed by atoms with Crippen LogP contribution in [-0.4, -0.2) is 27.1 Å². The van der Waals surface area contributed by atoms with Crippen molar-refractivity contribution in [2.24, 2.45) is 0 Å². The normalized spacial score (nSPS) is 11.0. The first-order valence-corrected chi connectivity index (χ1v) is 12.1. The summed E-state index contributed by atoms with van der Waals surface area (Å²) in [5.41, 5.74) is 2.05. The lowest BCUT2D eigenvalue weighted by atomic mass is 10.1. The van der Waals surface area contributed by atoms with Crippen molar-refractivity contribution >= 4 is 33.0 Å². The number of anilines is 1. The van der Waals surface area contributed by atoms with Crippen LogP contribution in [0.2, 0.25) is 0 Å². The lowest BCUT2D eigenvalue weighted by Crippen LogP contribution is -2.24. The molecule has 0 aliphatic carbocycles. The van der Waals surface area contributed by atoms with Gasteiger partial charge in [0.25, 0.3) is 5.91 Å². The van der Waals surface area contributed by atoms with E-state index in [4.69, 9.17) is 10.00 Å². The van der Waals surface area contributed by atoms with Crippen LogP contribution in [0.3, 0.4) is 0 Å². The highest BCUT2D eigenvalue weighted by Crippen LogP contribution is 2.22. The quantitative estimate of drug-likeness (QED) is 0.513. The highest BCUT2D eigenvalue weighted by molar-refractivity contribution is 7.88. The molecule has 2 aromatic carbocycles. The molecule has 0 saturated heterocycles. The number of sulfonamides is 1. The maximum atomic E-state index is 12.5. The van der Waals surface area contributed by atoms with Crippen molar-refractivity contribution in [3.05, 3.63) is 81.5 Å². The first-order chi connectivity index (χ1) is 14.8. The van der Waals surface area contributed by atoms with Crippen LogP contribution in [0.4, 0.5) is 5.69 Å². The average molecular weight is 456 g/mol. The van der Waals surface area contributed by atoms with Crippen molar-refractivity contribution in [3.8, 4) is 11.8 Å². The van der Waals surface area contributed by atoms with Crippen molar-refractivity contribution in [3.63, 3.8) is 0 Å². The average Bonchev–Trinajstić information content (AvgIpc) is 3.21. The lowest BCUT2D eigenvalue weighted by molar-refractivity contribution is 0.103. The molecule has 1 heterocycles. The number of ether oxygens (including phenoxy) is 1. The van der Waals surface area contributed by atoms with Crippen LogP contribution in [0.25, 0.3) is 0 Å². The van der Waals surface area contributed by atoms with Gasteiger partial charge >= 0.3 is 0 Å². The smallest absolute Gasteiger partial charge is 0.265 e. The van der Waals surface area contributed by atoms with Crippen molar-refractivity contribution in [1.29, 1.82) is 5.26 Å². The molecule has 0 unspecified atom stereocenters. The second-order valence-electron chi connectivity index (χ2n) is 6.77. The molecule has 3 aromatic rings. The standard InChI is InChI=1S/C22H21N3O4S2/c1-31(27,28)24-11-10-20-8-9-21(30-20)22(26)25-18-6-3-7-19(13-18)29-15-17-5-2-4-16(12-17)14-23/h2-9,12-13,24H,10-11,15H2,1H3,(H,25,26). The first kappa shape index (κ1) is 22.5. The summed E-state index contributed by atoms with van der Waals surface area (Å²) >= 11 is 1.32. The van der Waals surface area contributed by atoms with Gasteiger partial charge in [-0.15, -0.1) is 11.3 Å². The maximum Gasteiger partial charge on any atom is 0.265 e. The predicted molar refractivity (Wildman–Crippen MR) is 121 cm³/mol. The molecule has 0 fully saturated rings.